The van der Waals surface area contributed by atoms with Gasteiger partial charge in [-0.2, -0.15) is 5.26 Å². The Balaban J connectivity index is 2.14. The molecule has 0 bridgehead atoms. The molecule has 2 N–H and O–H groups in total. The highest BCUT2D eigenvalue weighted by Gasteiger charge is 2.40. The minimum atomic E-state index is -0.825. The first-order valence-electron chi connectivity index (χ1n) is 8.57. The lowest BCUT2D eigenvalue weighted by Gasteiger charge is -2.33. The summed E-state index contributed by atoms with van der Waals surface area (Å²) >= 11 is 1.62. The monoisotopic (exact) mass is 357 g/mol. The van der Waals surface area contributed by atoms with Gasteiger partial charge in [0, 0.05) is 21.8 Å². The van der Waals surface area contributed by atoms with Crippen molar-refractivity contribution in [1.29, 1.82) is 5.26 Å². The molecule has 6 heteroatoms. The molecule has 0 fully saturated rings. The highest BCUT2D eigenvalue weighted by Crippen LogP contribution is 2.45. The number of aromatic nitrogens is 1. The summed E-state index contributed by atoms with van der Waals surface area (Å²) in [7, 11) is 0. The Morgan fingerprint density at radius 2 is 2.12 bits per heavy atom. The minimum Gasteiger partial charge on any atom is -0.466 e. The summed E-state index contributed by atoms with van der Waals surface area (Å²) < 4.78 is 7.22. The van der Waals surface area contributed by atoms with Crippen molar-refractivity contribution >= 4 is 17.3 Å². The van der Waals surface area contributed by atoms with E-state index in [1.165, 1.54) is 0 Å². The van der Waals surface area contributed by atoms with E-state index in [2.05, 4.69) is 10.6 Å². The molecular weight excluding hydrogens is 334 g/mol. The van der Waals surface area contributed by atoms with Crippen molar-refractivity contribution in [2.75, 3.05) is 6.61 Å². The van der Waals surface area contributed by atoms with Crippen molar-refractivity contribution in [3.63, 3.8) is 0 Å². The van der Waals surface area contributed by atoms with Gasteiger partial charge in [0.2, 0.25) is 0 Å². The zero-order valence-corrected chi connectivity index (χ0v) is 15.7. The van der Waals surface area contributed by atoms with Gasteiger partial charge >= 0.3 is 5.97 Å². The molecule has 1 atom stereocenters. The average molecular weight is 357 g/mol. The Morgan fingerprint density at radius 1 is 1.44 bits per heavy atom. The van der Waals surface area contributed by atoms with Crippen LogP contribution in [0.1, 0.15) is 53.6 Å². The fourth-order valence-electron chi connectivity index (χ4n) is 3.75. The van der Waals surface area contributed by atoms with Crippen LogP contribution in [0.25, 0.3) is 5.00 Å². The number of nitriles is 1. The van der Waals surface area contributed by atoms with Crippen molar-refractivity contribution in [3.8, 4) is 11.1 Å². The number of nitrogens with two attached hydrogens (primary N) is 1. The Labute approximate surface area is 152 Å². The molecule has 1 aliphatic carbocycles. The van der Waals surface area contributed by atoms with Crippen LogP contribution in [0.3, 0.4) is 0 Å². The molecule has 2 aromatic heterocycles. The average Bonchev–Trinajstić information content (AvgIpc) is 3.08. The van der Waals surface area contributed by atoms with Crippen molar-refractivity contribution in [2.45, 2.75) is 52.0 Å². The van der Waals surface area contributed by atoms with E-state index in [0.29, 0.717) is 18.6 Å². The van der Waals surface area contributed by atoms with Crippen LogP contribution >= 0.6 is 11.3 Å². The summed E-state index contributed by atoms with van der Waals surface area (Å²) in [5, 5.41) is 10.8. The van der Waals surface area contributed by atoms with E-state index in [1.807, 2.05) is 26.0 Å². The second kappa shape index (κ2) is 6.66. The predicted molar refractivity (Wildman–Crippen MR) is 97.9 cm³/mol. The Kier molecular flexibility index (Phi) is 4.72. The first kappa shape index (κ1) is 17.7. The number of fused-ring (bicyclic) bond motifs is 1. The number of hydrogen-bond donors (Lipinski definition) is 1. The van der Waals surface area contributed by atoms with E-state index < -0.39 is 5.54 Å². The summed E-state index contributed by atoms with van der Waals surface area (Å²) in [4.78, 5) is 13.2. The molecule has 2 aromatic rings. The lowest BCUT2D eigenvalue weighted by atomic mass is 9.77. The van der Waals surface area contributed by atoms with Gasteiger partial charge in [0.15, 0.2) is 0 Å². The second-order valence-corrected chi connectivity index (χ2v) is 7.72. The van der Waals surface area contributed by atoms with Crippen LogP contribution < -0.4 is 5.73 Å². The van der Waals surface area contributed by atoms with Gasteiger partial charge in [-0.1, -0.05) is 0 Å². The molecule has 132 valence electrons. The van der Waals surface area contributed by atoms with Crippen LogP contribution in [0.15, 0.2) is 12.1 Å². The third kappa shape index (κ3) is 2.99. The van der Waals surface area contributed by atoms with E-state index in [-0.39, 0.29) is 12.4 Å². The maximum Gasteiger partial charge on any atom is 0.307 e. The number of aryl methyl sites for hydroxylation is 3. The lowest BCUT2D eigenvalue weighted by Crippen LogP contribution is -2.42. The van der Waals surface area contributed by atoms with Gasteiger partial charge < -0.3 is 15.0 Å². The molecule has 5 nitrogen and oxygen atoms in total. The molecule has 0 aromatic carbocycles. The zero-order chi connectivity index (χ0) is 18.2. The van der Waals surface area contributed by atoms with E-state index in [1.54, 1.807) is 18.3 Å². The fraction of sp³-hybridized carbons (Fsp3) is 0.474. The molecule has 0 aliphatic heterocycles. The van der Waals surface area contributed by atoms with E-state index >= 15 is 0 Å². The standard InChI is InChI=1S/C19H23N3O2S/c1-4-24-16(23)10-19(21)9-5-6-15-17(19)14(11-20)18(25-15)22-12(2)7-8-13(22)3/h7-8H,4-6,9-10,21H2,1-3H3. The molecular formula is C19H23N3O2S. The second-order valence-electron chi connectivity index (χ2n) is 6.64. The van der Waals surface area contributed by atoms with Crippen LogP contribution in [0.4, 0.5) is 0 Å². The highest BCUT2D eigenvalue weighted by molar-refractivity contribution is 7.15. The van der Waals surface area contributed by atoms with E-state index in [0.717, 1.165) is 39.7 Å². The summed E-state index contributed by atoms with van der Waals surface area (Å²) in [6, 6.07) is 6.45. The number of carbonyl (C=O) groups is 1. The van der Waals surface area contributed by atoms with Gasteiger partial charge in [-0.15, -0.1) is 11.3 Å². The summed E-state index contributed by atoms with van der Waals surface area (Å²) in [5.74, 6) is -0.303. The number of hydrogen-bond acceptors (Lipinski definition) is 5. The number of ether oxygens (including phenoxy) is 1. The quantitative estimate of drug-likeness (QED) is 0.850. The SMILES string of the molecule is CCOC(=O)CC1(N)CCCc2sc(-n3c(C)ccc3C)c(C#N)c21. The zero-order valence-electron chi connectivity index (χ0n) is 14.9. The number of rotatable bonds is 4. The molecule has 1 unspecified atom stereocenters. The summed E-state index contributed by atoms with van der Waals surface area (Å²) in [6.45, 7) is 6.18. The number of thiophene rings is 1. The maximum absolute atomic E-state index is 12.1. The van der Waals surface area contributed by atoms with Gasteiger partial charge in [-0.3, -0.25) is 4.79 Å². The molecule has 25 heavy (non-hydrogen) atoms. The number of nitrogens with zero attached hydrogens (tertiary/aromatic N) is 2. The summed E-state index contributed by atoms with van der Waals surface area (Å²) in [5.41, 5.74) is 9.46. The Morgan fingerprint density at radius 3 is 2.72 bits per heavy atom. The van der Waals surface area contributed by atoms with Crippen LogP contribution in [-0.2, 0) is 21.5 Å². The van der Waals surface area contributed by atoms with Crippen molar-refractivity contribution in [1.82, 2.24) is 4.57 Å². The first-order chi connectivity index (χ1) is 11.9. The third-order valence-electron chi connectivity index (χ3n) is 4.84. The number of esters is 1. The molecule has 0 amide bonds. The molecule has 0 saturated heterocycles. The molecule has 0 saturated carbocycles. The van der Waals surface area contributed by atoms with Crippen LogP contribution in [0.5, 0.6) is 0 Å². The first-order valence-corrected chi connectivity index (χ1v) is 9.39. The summed E-state index contributed by atoms with van der Waals surface area (Å²) in [6.07, 6.45) is 2.61. The maximum atomic E-state index is 12.1. The van der Waals surface area contributed by atoms with Gasteiger partial charge in [0.1, 0.15) is 11.1 Å². The topological polar surface area (TPSA) is 81.0 Å². The molecule has 0 radical (unpaired) electrons. The fourth-order valence-corrected chi connectivity index (χ4v) is 5.27. The van der Waals surface area contributed by atoms with Gasteiger partial charge in [-0.25, -0.2) is 0 Å². The molecule has 2 heterocycles. The predicted octanol–water partition coefficient (Wildman–Crippen LogP) is 3.47. The van der Waals surface area contributed by atoms with Crippen LogP contribution in [0.2, 0.25) is 0 Å². The van der Waals surface area contributed by atoms with Gasteiger partial charge in [-0.05, 0) is 52.2 Å². The van der Waals surface area contributed by atoms with E-state index in [4.69, 9.17) is 10.5 Å². The van der Waals surface area contributed by atoms with Crippen LogP contribution in [-0.4, -0.2) is 17.1 Å². The molecule has 0 spiro atoms. The lowest BCUT2D eigenvalue weighted by molar-refractivity contribution is -0.144. The molecule has 1 aliphatic rings. The Hall–Kier alpha value is -2.10. The van der Waals surface area contributed by atoms with E-state index in [9.17, 15) is 10.1 Å². The smallest absolute Gasteiger partial charge is 0.307 e. The highest BCUT2D eigenvalue weighted by atomic mass is 32.1. The van der Waals surface area contributed by atoms with Crippen LogP contribution in [0, 0.1) is 25.2 Å². The third-order valence-corrected chi connectivity index (χ3v) is 6.07. The Bertz CT molecular complexity index is 839. The van der Waals surface area contributed by atoms with Gasteiger partial charge in [0.05, 0.1) is 24.1 Å². The number of carbonyl (C=O) groups excluding carboxylic acids is 1. The largest absolute Gasteiger partial charge is 0.466 e. The van der Waals surface area contributed by atoms with Crippen molar-refractivity contribution < 1.29 is 9.53 Å². The molecule has 3 rings (SSSR count). The van der Waals surface area contributed by atoms with Gasteiger partial charge in [0.25, 0.3) is 0 Å². The normalized spacial score (nSPS) is 19.3. The van der Waals surface area contributed by atoms with Crippen molar-refractivity contribution in [3.05, 3.63) is 39.5 Å². The minimum absolute atomic E-state index is 0.113. The van der Waals surface area contributed by atoms with Crippen molar-refractivity contribution in [2.24, 2.45) is 5.73 Å².